The van der Waals surface area contributed by atoms with Crippen LogP contribution in [0, 0.1) is 10.1 Å². The number of rotatable bonds is 4. The Bertz CT molecular complexity index is 592. The number of nitrogens with zero attached hydrogens (tertiary/aromatic N) is 2. The summed E-state index contributed by atoms with van der Waals surface area (Å²) >= 11 is 0. The van der Waals surface area contributed by atoms with E-state index < -0.39 is 4.92 Å². The van der Waals surface area contributed by atoms with E-state index in [4.69, 9.17) is 4.74 Å². The van der Waals surface area contributed by atoms with Gasteiger partial charge < -0.3 is 4.74 Å². The quantitative estimate of drug-likeness (QED) is 0.623. The second kappa shape index (κ2) is 5.77. The number of ether oxygens (including phenoxy) is 1. The highest BCUT2D eigenvalue weighted by Crippen LogP contribution is 2.19. The molecule has 0 radical (unpaired) electrons. The van der Waals surface area contributed by atoms with Gasteiger partial charge in [0, 0.05) is 18.3 Å². The van der Waals surface area contributed by atoms with E-state index in [9.17, 15) is 10.1 Å². The summed E-state index contributed by atoms with van der Waals surface area (Å²) in [5.74, 6) is 0.472. The van der Waals surface area contributed by atoms with Crippen LogP contribution in [0.2, 0.25) is 0 Å². The van der Waals surface area contributed by atoms with E-state index in [1.165, 1.54) is 19.4 Å². The highest BCUT2D eigenvalue weighted by Gasteiger charge is 2.13. The lowest BCUT2D eigenvalue weighted by atomic mass is 10.1. The lowest BCUT2D eigenvalue weighted by Gasteiger charge is -2.00. The van der Waals surface area contributed by atoms with E-state index in [-0.39, 0.29) is 5.70 Å². The highest BCUT2D eigenvalue weighted by molar-refractivity contribution is 5.76. The zero-order valence-electron chi connectivity index (χ0n) is 10.3. The van der Waals surface area contributed by atoms with Crippen LogP contribution in [-0.2, 0) is 0 Å². The lowest BCUT2D eigenvalue weighted by molar-refractivity contribution is -0.374. The summed E-state index contributed by atoms with van der Waals surface area (Å²) in [5.41, 5.74) is 1.24. The number of nitro groups is 1. The summed E-state index contributed by atoms with van der Waals surface area (Å²) in [7, 11) is 1.52. The predicted octanol–water partition coefficient (Wildman–Crippen LogP) is 2.87. The third-order valence-corrected chi connectivity index (χ3v) is 2.54. The third kappa shape index (κ3) is 3.16. The van der Waals surface area contributed by atoms with Crippen LogP contribution in [0.15, 0.2) is 48.7 Å². The first-order valence-corrected chi connectivity index (χ1v) is 5.62. The zero-order valence-corrected chi connectivity index (χ0v) is 10.3. The van der Waals surface area contributed by atoms with Crippen LogP contribution in [0.5, 0.6) is 5.88 Å². The van der Waals surface area contributed by atoms with Crippen molar-refractivity contribution in [2.75, 3.05) is 7.11 Å². The first-order valence-electron chi connectivity index (χ1n) is 5.62. The molecule has 0 atom stereocenters. The van der Waals surface area contributed by atoms with Crippen LogP contribution in [0.3, 0.4) is 0 Å². The van der Waals surface area contributed by atoms with Crippen molar-refractivity contribution in [3.63, 3.8) is 0 Å². The lowest BCUT2D eigenvalue weighted by Crippen LogP contribution is -1.97. The van der Waals surface area contributed by atoms with Gasteiger partial charge in [-0.05, 0) is 23.8 Å². The minimum atomic E-state index is -0.403. The molecule has 2 aromatic rings. The number of hydrogen-bond acceptors (Lipinski definition) is 4. The predicted molar refractivity (Wildman–Crippen MR) is 72.1 cm³/mol. The summed E-state index contributed by atoms with van der Waals surface area (Å²) in [4.78, 5) is 14.7. The zero-order chi connectivity index (χ0) is 13.7. The van der Waals surface area contributed by atoms with E-state index in [0.717, 1.165) is 0 Å². The Morgan fingerprint density at radius 2 is 2.00 bits per heavy atom. The second-order valence-electron chi connectivity index (χ2n) is 3.79. The second-order valence-corrected chi connectivity index (χ2v) is 3.79. The monoisotopic (exact) mass is 256 g/mol. The van der Waals surface area contributed by atoms with E-state index >= 15 is 0 Å². The molecule has 0 aliphatic rings. The van der Waals surface area contributed by atoms with E-state index in [1.807, 2.05) is 6.07 Å². The molecule has 0 unspecified atom stereocenters. The largest absolute Gasteiger partial charge is 0.481 e. The van der Waals surface area contributed by atoms with Crippen molar-refractivity contribution in [1.29, 1.82) is 0 Å². The van der Waals surface area contributed by atoms with Crippen LogP contribution in [-0.4, -0.2) is 17.0 Å². The molecule has 0 aliphatic carbocycles. The van der Waals surface area contributed by atoms with Gasteiger partial charge in [-0.25, -0.2) is 4.98 Å². The molecule has 0 aliphatic heterocycles. The maximum Gasteiger partial charge on any atom is 0.277 e. The van der Waals surface area contributed by atoms with Crippen LogP contribution >= 0.6 is 0 Å². The molecule has 5 nitrogen and oxygen atoms in total. The maximum atomic E-state index is 11.1. The normalized spacial score (nSPS) is 11.1. The molecule has 2 rings (SSSR count). The Kier molecular flexibility index (Phi) is 3.87. The van der Waals surface area contributed by atoms with Gasteiger partial charge in [-0.2, -0.15) is 0 Å². The molecule has 0 bridgehead atoms. The van der Waals surface area contributed by atoms with Gasteiger partial charge in [-0.1, -0.05) is 18.2 Å². The maximum absolute atomic E-state index is 11.1. The molecule has 0 spiro atoms. The number of methoxy groups -OCH3 is 1. The standard InChI is InChI=1S/C14H12N2O3/c1-19-14-8-7-11(10-15-14)9-13(16(17)18)12-5-3-2-4-6-12/h2-10H,1H3/b13-9+. The summed E-state index contributed by atoms with van der Waals surface area (Å²) in [5, 5.41) is 11.1. The summed E-state index contributed by atoms with van der Waals surface area (Å²) in [6.45, 7) is 0. The molecule has 1 heterocycles. The number of hydrogen-bond donors (Lipinski definition) is 0. The Morgan fingerprint density at radius 3 is 2.53 bits per heavy atom. The van der Waals surface area contributed by atoms with Crippen LogP contribution in [0.25, 0.3) is 11.8 Å². The minimum Gasteiger partial charge on any atom is -0.481 e. The molecule has 19 heavy (non-hydrogen) atoms. The number of pyridine rings is 1. The number of benzene rings is 1. The van der Waals surface area contributed by atoms with Gasteiger partial charge >= 0.3 is 0 Å². The smallest absolute Gasteiger partial charge is 0.277 e. The molecule has 5 heteroatoms. The van der Waals surface area contributed by atoms with E-state index in [1.54, 1.807) is 36.4 Å². The molecule has 0 amide bonds. The fourth-order valence-corrected chi connectivity index (χ4v) is 1.61. The fourth-order valence-electron chi connectivity index (χ4n) is 1.61. The van der Waals surface area contributed by atoms with Crippen molar-refractivity contribution < 1.29 is 9.66 Å². The molecule has 0 fully saturated rings. The van der Waals surface area contributed by atoms with Crippen LogP contribution in [0.1, 0.15) is 11.1 Å². The van der Waals surface area contributed by atoms with Crippen molar-refractivity contribution in [3.05, 3.63) is 69.9 Å². The van der Waals surface area contributed by atoms with Gasteiger partial charge in [0.1, 0.15) is 0 Å². The van der Waals surface area contributed by atoms with E-state index in [0.29, 0.717) is 17.0 Å². The highest BCUT2D eigenvalue weighted by atomic mass is 16.6. The van der Waals surface area contributed by atoms with Crippen molar-refractivity contribution in [2.24, 2.45) is 0 Å². The van der Waals surface area contributed by atoms with Crippen molar-refractivity contribution >= 4 is 11.8 Å². The Balaban J connectivity index is 2.38. The van der Waals surface area contributed by atoms with Crippen molar-refractivity contribution in [2.45, 2.75) is 0 Å². The fraction of sp³-hybridized carbons (Fsp3) is 0.0714. The first-order chi connectivity index (χ1) is 9.20. The van der Waals surface area contributed by atoms with Gasteiger partial charge in [0.25, 0.3) is 5.70 Å². The summed E-state index contributed by atoms with van der Waals surface area (Å²) in [6.07, 6.45) is 3.02. The molecule has 0 saturated heterocycles. The molecule has 0 N–H and O–H groups in total. The average molecular weight is 256 g/mol. The van der Waals surface area contributed by atoms with E-state index in [2.05, 4.69) is 4.98 Å². The summed E-state index contributed by atoms with van der Waals surface area (Å²) in [6, 6.07) is 12.1. The van der Waals surface area contributed by atoms with Crippen molar-refractivity contribution in [3.8, 4) is 5.88 Å². The van der Waals surface area contributed by atoms with Gasteiger partial charge in [-0.15, -0.1) is 0 Å². The third-order valence-electron chi connectivity index (χ3n) is 2.54. The van der Waals surface area contributed by atoms with Gasteiger partial charge in [0.2, 0.25) is 5.88 Å². The first kappa shape index (κ1) is 12.8. The Labute approximate surface area is 110 Å². The van der Waals surface area contributed by atoms with Gasteiger partial charge in [0.05, 0.1) is 17.6 Å². The molecular formula is C14H12N2O3. The average Bonchev–Trinajstić information content (AvgIpc) is 2.46. The Hall–Kier alpha value is -2.69. The van der Waals surface area contributed by atoms with Crippen LogP contribution < -0.4 is 4.74 Å². The van der Waals surface area contributed by atoms with Gasteiger partial charge in [-0.3, -0.25) is 10.1 Å². The molecule has 0 saturated carbocycles. The molecular weight excluding hydrogens is 244 g/mol. The molecule has 96 valence electrons. The molecule has 1 aromatic heterocycles. The Morgan fingerprint density at radius 1 is 1.26 bits per heavy atom. The van der Waals surface area contributed by atoms with Crippen molar-refractivity contribution in [1.82, 2.24) is 4.98 Å². The topological polar surface area (TPSA) is 65.3 Å². The SMILES string of the molecule is COc1ccc(/C=C(\c2ccccc2)[N+](=O)[O-])cn1. The minimum absolute atomic E-state index is 0.0348. The van der Waals surface area contributed by atoms with Crippen LogP contribution in [0.4, 0.5) is 0 Å². The molecule has 1 aromatic carbocycles. The van der Waals surface area contributed by atoms with Gasteiger partial charge in [0.15, 0.2) is 0 Å². The summed E-state index contributed by atoms with van der Waals surface area (Å²) < 4.78 is 4.94. The number of aromatic nitrogens is 1.